The van der Waals surface area contributed by atoms with E-state index in [9.17, 15) is 18.4 Å². The van der Waals surface area contributed by atoms with Crippen LogP contribution in [0.15, 0.2) is 36.7 Å². The molecule has 0 saturated carbocycles. The standard InChI is InChI=1S/C25H18Cl2F2N6O3S/c1-11-5-13(14-6-20(26)31-8-18(14)38-2)15(7-30-11)23(36)34-25-33-17-9-35(10-19(17)39-25)24(37)16-4-3-12(22(28)29)21(27)32-16/h3-8,22H,9-10H2,1-2H3,(H,33,34,36). The van der Waals surface area contributed by atoms with Crippen LogP contribution in [0.25, 0.3) is 11.1 Å². The lowest BCUT2D eigenvalue weighted by Crippen LogP contribution is -2.26. The largest absolute Gasteiger partial charge is 0.494 e. The number of carbonyl (C=O) groups is 2. The molecule has 9 nitrogen and oxygen atoms in total. The summed E-state index contributed by atoms with van der Waals surface area (Å²) in [6.07, 6.45) is 0.152. The Hall–Kier alpha value is -3.74. The van der Waals surface area contributed by atoms with E-state index < -0.39 is 29.0 Å². The van der Waals surface area contributed by atoms with Gasteiger partial charge in [0.25, 0.3) is 18.2 Å². The molecule has 4 aromatic heterocycles. The van der Waals surface area contributed by atoms with Gasteiger partial charge in [-0.1, -0.05) is 34.5 Å². The van der Waals surface area contributed by atoms with Gasteiger partial charge < -0.3 is 9.64 Å². The van der Waals surface area contributed by atoms with E-state index in [1.54, 1.807) is 19.1 Å². The maximum atomic E-state index is 13.3. The van der Waals surface area contributed by atoms with E-state index in [1.165, 1.54) is 41.8 Å². The van der Waals surface area contributed by atoms with Crippen LogP contribution in [0.5, 0.6) is 5.75 Å². The normalized spacial score (nSPS) is 12.5. The zero-order chi connectivity index (χ0) is 27.8. The van der Waals surface area contributed by atoms with Crippen molar-refractivity contribution in [2.45, 2.75) is 26.4 Å². The first kappa shape index (κ1) is 26.9. The van der Waals surface area contributed by atoms with Crippen LogP contribution in [-0.4, -0.2) is 43.8 Å². The van der Waals surface area contributed by atoms with Crippen LogP contribution in [0.1, 0.15) is 49.1 Å². The highest BCUT2D eigenvalue weighted by molar-refractivity contribution is 7.16. The quantitative estimate of drug-likeness (QED) is 0.276. The van der Waals surface area contributed by atoms with Crippen molar-refractivity contribution in [1.82, 2.24) is 24.8 Å². The minimum atomic E-state index is -2.79. The predicted molar refractivity (Wildman–Crippen MR) is 142 cm³/mol. The first-order valence-electron chi connectivity index (χ1n) is 11.3. The van der Waals surface area contributed by atoms with Crippen molar-refractivity contribution in [1.29, 1.82) is 0 Å². The van der Waals surface area contributed by atoms with Gasteiger partial charge in [-0.25, -0.2) is 23.7 Å². The number of aromatic nitrogens is 4. The second-order valence-electron chi connectivity index (χ2n) is 8.46. The van der Waals surface area contributed by atoms with E-state index in [4.69, 9.17) is 27.9 Å². The average molecular weight is 591 g/mol. The zero-order valence-corrected chi connectivity index (χ0v) is 22.7. The van der Waals surface area contributed by atoms with Crippen molar-refractivity contribution in [3.8, 4) is 16.9 Å². The number of nitrogens with zero attached hydrogens (tertiary/aromatic N) is 5. The van der Waals surface area contributed by atoms with E-state index in [-0.39, 0.29) is 29.5 Å². The molecule has 1 aliphatic rings. The second-order valence-corrected chi connectivity index (χ2v) is 10.3. The van der Waals surface area contributed by atoms with Gasteiger partial charge in [0.15, 0.2) is 5.13 Å². The minimum Gasteiger partial charge on any atom is -0.494 e. The van der Waals surface area contributed by atoms with Gasteiger partial charge in [0, 0.05) is 23.0 Å². The molecule has 5 rings (SSSR count). The number of methoxy groups -OCH3 is 1. The predicted octanol–water partition coefficient (Wildman–Crippen LogP) is 5.96. The molecule has 200 valence electrons. The third kappa shape index (κ3) is 5.40. The molecular weight excluding hydrogens is 573 g/mol. The summed E-state index contributed by atoms with van der Waals surface area (Å²) in [6.45, 7) is 2.19. The molecular formula is C25H18Cl2F2N6O3S. The fourth-order valence-electron chi connectivity index (χ4n) is 4.04. The van der Waals surface area contributed by atoms with Crippen molar-refractivity contribution < 1.29 is 23.1 Å². The van der Waals surface area contributed by atoms with Crippen LogP contribution in [-0.2, 0) is 13.1 Å². The Bertz CT molecular complexity index is 1590. The smallest absolute Gasteiger partial charge is 0.273 e. The molecule has 4 aromatic rings. The van der Waals surface area contributed by atoms with Gasteiger partial charge in [-0.3, -0.25) is 19.9 Å². The summed E-state index contributed by atoms with van der Waals surface area (Å²) in [5, 5.41) is 2.98. The number of alkyl halides is 2. The lowest BCUT2D eigenvalue weighted by Gasteiger charge is -2.15. The summed E-state index contributed by atoms with van der Waals surface area (Å²) < 4.78 is 31.3. The highest BCUT2D eigenvalue weighted by Gasteiger charge is 2.30. The van der Waals surface area contributed by atoms with Crippen LogP contribution in [0.3, 0.4) is 0 Å². The van der Waals surface area contributed by atoms with Crippen molar-refractivity contribution in [2.24, 2.45) is 0 Å². The Balaban J connectivity index is 1.33. The zero-order valence-electron chi connectivity index (χ0n) is 20.3. The number of rotatable bonds is 6. The minimum absolute atomic E-state index is 0.0425. The number of halogens is 4. The van der Waals surface area contributed by atoms with Gasteiger partial charge in [0.05, 0.1) is 48.1 Å². The Labute approximate surface area is 234 Å². The highest BCUT2D eigenvalue weighted by Crippen LogP contribution is 2.36. The summed E-state index contributed by atoms with van der Waals surface area (Å²) in [6, 6.07) is 5.68. The molecule has 0 aromatic carbocycles. The lowest BCUT2D eigenvalue weighted by molar-refractivity contribution is 0.0744. The van der Waals surface area contributed by atoms with E-state index in [0.29, 0.717) is 33.4 Å². The van der Waals surface area contributed by atoms with Gasteiger partial charge in [0.1, 0.15) is 21.7 Å². The Kier molecular flexibility index (Phi) is 7.43. The van der Waals surface area contributed by atoms with E-state index >= 15 is 0 Å². The molecule has 0 fully saturated rings. The molecule has 0 spiro atoms. The number of anilines is 1. The fraction of sp³-hybridized carbons (Fsp3) is 0.200. The maximum Gasteiger partial charge on any atom is 0.273 e. The summed E-state index contributed by atoms with van der Waals surface area (Å²) in [4.78, 5) is 45.0. The van der Waals surface area contributed by atoms with Gasteiger partial charge in [-0.2, -0.15) is 0 Å². The Morgan fingerprint density at radius 2 is 1.90 bits per heavy atom. The molecule has 0 aliphatic carbocycles. The molecule has 0 atom stereocenters. The molecule has 14 heteroatoms. The number of hydrogen-bond acceptors (Lipinski definition) is 8. The summed E-state index contributed by atoms with van der Waals surface area (Å²) >= 11 is 13.1. The molecule has 0 bridgehead atoms. The topological polar surface area (TPSA) is 110 Å². The van der Waals surface area contributed by atoms with Crippen LogP contribution < -0.4 is 10.1 Å². The molecule has 5 heterocycles. The number of aryl methyl sites for hydroxylation is 1. The summed E-state index contributed by atoms with van der Waals surface area (Å²) in [7, 11) is 1.50. The maximum absolute atomic E-state index is 13.3. The molecule has 39 heavy (non-hydrogen) atoms. The number of amides is 2. The molecule has 1 N–H and O–H groups in total. The number of ether oxygens (including phenoxy) is 1. The number of carbonyl (C=O) groups excluding carboxylic acids is 2. The van der Waals surface area contributed by atoms with E-state index in [2.05, 4.69) is 25.3 Å². The van der Waals surface area contributed by atoms with Crippen molar-refractivity contribution in [3.63, 3.8) is 0 Å². The van der Waals surface area contributed by atoms with Crippen molar-refractivity contribution in [2.75, 3.05) is 12.4 Å². The number of hydrogen-bond donors (Lipinski definition) is 1. The molecule has 0 unspecified atom stereocenters. The van der Waals surface area contributed by atoms with Gasteiger partial charge >= 0.3 is 0 Å². The van der Waals surface area contributed by atoms with E-state index in [0.717, 1.165) is 10.9 Å². The lowest BCUT2D eigenvalue weighted by atomic mass is 10.0. The van der Waals surface area contributed by atoms with Gasteiger partial charge in [0.2, 0.25) is 0 Å². The molecule has 0 radical (unpaired) electrons. The van der Waals surface area contributed by atoms with E-state index in [1.807, 2.05) is 0 Å². The Morgan fingerprint density at radius 1 is 1.10 bits per heavy atom. The molecule has 1 aliphatic heterocycles. The van der Waals surface area contributed by atoms with Crippen molar-refractivity contribution in [3.05, 3.63) is 80.1 Å². The molecule has 0 saturated heterocycles. The summed E-state index contributed by atoms with van der Waals surface area (Å²) in [5.41, 5.74) is 2.25. The van der Waals surface area contributed by atoms with Crippen molar-refractivity contribution >= 4 is 51.5 Å². The highest BCUT2D eigenvalue weighted by atomic mass is 35.5. The monoisotopic (exact) mass is 590 g/mol. The number of thiazole rings is 1. The van der Waals surface area contributed by atoms with Gasteiger partial charge in [-0.15, -0.1) is 0 Å². The average Bonchev–Trinajstić information content (AvgIpc) is 3.46. The molecule has 2 amide bonds. The first-order chi connectivity index (χ1) is 18.6. The SMILES string of the molecule is COc1cnc(Cl)cc1-c1cc(C)ncc1C(=O)Nc1nc2c(s1)CN(C(=O)c1ccc(C(F)F)c(Cl)n1)C2. The van der Waals surface area contributed by atoms with Crippen LogP contribution in [0, 0.1) is 6.92 Å². The Morgan fingerprint density at radius 3 is 2.59 bits per heavy atom. The van der Waals surface area contributed by atoms with Crippen LogP contribution >= 0.6 is 34.5 Å². The number of fused-ring (bicyclic) bond motifs is 1. The van der Waals surface area contributed by atoms with Crippen LogP contribution in [0.4, 0.5) is 13.9 Å². The number of pyridine rings is 3. The fourth-order valence-corrected chi connectivity index (χ4v) is 5.42. The van der Waals surface area contributed by atoms with Crippen LogP contribution in [0.2, 0.25) is 10.3 Å². The third-order valence-electron chi connectivity index (χ3n) is 5.92. The third-order valence-corrected chi connectivity index (χ3v) is 7.43. The summed E-state index contributed by atoms with van der Waals surface area (Å²) in [5.74, 6) is -0.462. The second kappa shape index (κ2) is 10.8. The first-order valence-corrected chi connectivity index (χ1v) is 12.9. The van der Waals surface area contributed by atoms with Gasteiger partial charge in [-0.05, 0) is 31.2 Å². The number of nitrogens with one attached hydrogen (secondary N) is 1.